The predicted octanol–water partition coefficient (Wildman–Crippen LogP) is 2.80. The maximum Gasteiger partial charge on any atom is 0.407 e. The largest absolute Gasteiger partial charge is 0.440 e. The Bertz CT molecular complexity index is 594. The molecule has 5 nitrogen and oxygen atoms in total. The number of hydrogen-bond acceptors (Lipinski definition) is 4. The molecule has 0 saturated carbocycles. The maximum absolute atomic E-state index is 11.8. The molecule has 0 aromatic heterocycles. The smallest absolute Gasteiger partial charge is 0.407 e. The second kappa shape index (κ2) is 7.72. The molecule has 4 N–H and O–H groups in total. The zero-order valence-electron chi connectivity index (χ0n) is 13.8. The third-order valence-electron chi connectivity index (χ3n) is 3.67. The lowest BCUT2D eigenvalue weighted by atomic mass is 9.94. The van der Waals surface area contributed by atoms with Crippen LogP contribution in [0.3, 0.4) is 0 Å². The summed E-state index contributed by atoms with van der Waals surface area (Å²) in [6, 6.07) is 10.1. The minimum atomic E-state index is -0.442. The van der Waals surface area contributed by atoms with Crippen LogP contribution in [0.4, 0.5) is 4.79 Å². The number of rotatable bonds is 5. The number of amides is 1. The SMILES string of the molecule is C=C1CCC(OC(=O)NC(C)C)C(N)=C1NCc1ccccc1. The molecular weight excluding hydrogens is 290 g/mol. The summed E-state index contributed by atoms with van der Waals surface area (Å²) in [4.78, 5) is 11.8. The fraction of sp³-hybridized carbons (Fsp3) is 0.389. The van der Waals surface area contributed by atoms with Crippen molar-refractivity contribution in [2.24, 2.45) is 5.73 Å². The Morgan fingerprint density at radius 3 is 2.74 bits per heavy atom. The van der Waals surface area contributed by atoms with Gasteiger partial charge in [-0.25, -0.2) is 4.79 Å². The Balaban J connectivity index is 2.04. The number of carbonyl (C=O) groups is 1. The molecule has 1 aromatic rings. The van der Waals surface area contributed by atoms with Crippen LogP contribution in [-0.2, 0) is 11.3 Å². The number of nitrogens with two attached hydrogens (primary N) is 1. The normalized spacial score (nSPS) is 18.0. The molecule has 0 bridgehead atoms. The average Bonchev–Trinajstić information content (AvgIpc) is 2.50. The molecule has 1 aliphatic rings. The van der Waals surface area contributed by atoms with Gasteiger partial charge < -0.3 is 21.1 Å². The first-order valence-electron chi connectivity index (χ1n) is 7.90. The van der Waals surface area contributed by atoms with Crippen molar-refractivity contribution in [3.8, 4) is 0 Å². The van der Waals surface area contributed by atoms with Crippen molar-refractivity contribution in [2.45, 2.75) is 45.4 Å². The van der Waals surface area contributed by atoms with Gasteiger partial charge in [-0.2, -0.15) is 0 Å². The summed E-state index contributed by atoms with van der Waals surface area (Å²) < 4.78 is 5.43. The summed E-state index contributed by atoms with van der Waals surface area (Å²) >= 11 is 0. The van der Waals surface area contributed by atoms with Crippen LogP contribution in [-0.4, -0.2) is 18.2 Å². The Kier molecular flexibility index (Phi) is 5.68. The van der Waals surface area contributed by atoms with E-state index in [2.05, 4.69) is 17.2 Å². The van der Waals surface area contributed by atoms with Gasteiger partial charge >= 0.3 is 6.09 Å². The third-order valence-corrected chi connectivity index (χ3v) is 3.67. The average molecular weight is 315 g/mol. The lowest BCUT2D eigenvalue weighted by molar-refractivity contribution is 0.105. The first-order chi connectivity index (χ1) is 11.0. The summed E-state index contributed by atoms with van der Waals surface area (Å²) in [5.41, 5.74) is 9.64. The number of nitrogens with one attached hydrogen (secondary N) is 2. The number of benzene rings is 1. The van der Waals surface area contributed by atoms with E-state index in [-0.39, 0.29) is 6.04 Å². The second-order valence-corrected chi connectivity index (χ2v) is 6.00. The Hall–Kier alpha value is -2.43. The van der Waals surface area contributed by atoms with Gasteiger partial charge in [0.15, 0.2) is 0 Å². The Morgan fingerprint density at radius 1 is 1.39 bits per heavy atom. The molecule has 1 aliphatic carbocycles. The number of carbonyl (C=O) groups excluding carboxylic acids is 1. The molecule has 2 rings (SSSR count). The van der Waals surface area contributed by atoms with Crippen LogP contribution < -0.4 is 16.4 Å². The van der Waals surface area contributed by atoms with E-state index in [0.717, 1.165) is 23.3 Å². The van der Waals surface area contributed by atoms with Gasteiger partial charge in [0.2, 0.25) is 0 Å². The molecule has 1 amide bonds. The van der Waals surface area contributed by atoms with Gasteiger partial charge in [-0.1, -0.05) is 36.9 Å². The highest BCUT2D eigenvalue weighted by molar-refractivity contribution is 5.68. The van der Waals surface area contributed by atoms with Gasteiger partial charge in [-0.15, -0.1) is 0 Å². The fourth-order valence-corrected chi connectivity index (χ4v) is 2.49. The Morgan fingerprint density at radius 2 is 2.09 bits per heavy atom. The number of hydrogen-bond donors (Lipinski definition) is 3. The maximum atomic E-state index is 11.8. The van der Waals surface area contributed by atoms with Crippen LogP contribution in [0.2, 0.25) is 0 Å². The van der Waals surface area contributed by atoms with Gasteiger partial charge in [0.1, 0.15) is 6.10 Å². The molecule has 124 valence electrons. The highest BCUT2D eigenvalue weighted by Gasteiger charge is 2.26. The summed E-state index contributed by atoms with van der Waals surface area (Å²) in [5.74, 6) is 0. The van der Waals surface area contributed by atoms with Crippen LogP contribution in [0, 0.1) is 0 Å². The predicted molar refractivity (Wildman–Crippen MR) is 91.4 cm³/mol. The molecule has 0 spiro atoms. The van der Waals surface area contributed by atoms with Crippen molar-refractivity contribution >= 4 is 6.09 Å². The zero-order valence-corrected chi connectivity index (χ0v) is 13.8. The summed E-state index contributed by atoms with van der Waals surface area (Å²) in [6.45, 7) is 8.49. The molecular formula is C18H25N3O2. The molecule has 0 radical (unpaired) electrons. The quantitative estimate of drug-likeness (QED) is 0.781. The zero-order chi connectivity index (χ0) is 16.8. The lowest BCUT2D eigenvalue weighted by Crippen LogP contribution is -2.38. The van der Waals surface area contributed by atoms with Crippen molar-refractivity contribution in [3.05, 3.63) is 59.4 Å². The molecule has 0 aliphatic heterocycles. The van der Waals surface area contributed by atoms with E-state index in [9.17, 15) is 4.79 Å². The molecule has 1 unspecified atom stereocenters. The standard InChI is InChI=1S/C18H25N3O2/c1-12(2)21-18(22)23-15-10-9-13(3)17(16(15)19)20-11-14-7-5-4-6-8-14/h4-8,12,15,20H,3,9-11,19H2,1-2H3,(H,21,22). The Labute approximate surface area is 137 Å². The highest BCUT2D eigenvalue weighted by Crippen LogP contribution is 2.26. The second-order valence-electron chi connectivity index (χ2n) is 6.00. The molecule has 0 fully saturated rings. The van der Waals surface area contributed by atoms with E-state index in [1.165, 1.54) is 0 Å². The van der Waals surface area contributed by atoms with Gasteiger partial charge in [0.05, 0.1) is 11.4 Å². The van der Waals surface area contributed by atoms with E-state index in [0.29, 0.717) is 18.7 Å². The van der Waals surface area contributed by atoms with Crippen molar-refractivity contribution in [3.63, 3.8) is 0 Å². The number of ether oxygens (including phenoxy) is 1. The van der Waals surface area contributed by atoms with Crippen LogP contribution in [0.15, 0.2) is 53.9 Å². The third kappa shape index (κ3) is 4.77. The van der Waals surface area contributed by atoms with Crippen molar-refractivity contribution in [1.29, 1.82) is 0 Å². The summed E-state index contributed by atoms with van der Waals surface area (Å²) in [7, 11) is 0. The van der Waals surface area contributed by atoms with Gasteiger partial charge in [-0.3, -0.25) is 0 Å². The minimum Gasteiger partial charge on any atom is -0.440 e. The van der Waals surface area contributed by atoms with E-state index < -0.39 is 12.2 Å². The first kappa shape index (κ1) is 16.9. The van der Waals surface area contributed by atoms with Crippen LogP contribution >= 0.6 is 0 Å². The van der Waals surface area contributed by atoms with Crippen LogP contribution in [0.1, 0.15) is 32.3 Å². The topological polar surface area (TPSA) is 76.4 Å². The minimum absolute atomic E-state index is 0.0296. The van der Waals surface area contributed by atoms with E-state index in [1.807, 2.05) is 44.2 Å². The monoisotopic (exact) mass is 315 g/mol. The molecule has 23 heavy (non-hydrogen) atoms. The van der Waals surface area contributed by atoms with Gasteiger partial charge in [0.25, 0.3) is 0 Å². The van der Waals surface area contributed by atoms with E-state index >= 15 is 0 Å². The van der Waals surface area contributed by atoms with Gasteiger partial charge in [-0.05, 0) is 37.8 Å². The molecule has 5 heteroatoms. The van der Waals surface area contributed by atoms with E-state index in [1.54, 1.807) is 0 Å². The van der Waals surface area contributed by atoms with Crippen LogP contribution in [0.5, 0.6) is 0 Å². The molecule has 1 aromatic carbocycles. The first-order valence-corrected chi connectivity index (χ1v) is 7.90. The van der Waals surface area contributed by atoms with Gasteiger partial charge in [0, 0.05) is 12.6 Å². The molecule has 0 saturated heterocycles. The van der Waals surface area contributed by atoms with Crippen molar-refractivity contribution in [1.82, 2.24) is 10.6 Å². The molecule has 1 atom stereocenters. The highest BCUT2D eigenvalue weighted by atomic mass is 16.6. The number of allylic oxidation sites excluding steroid dienone is 1. The van der Waals surface area contributed by atoms with Crippen molar-refractivity contribution < 1.29 is 9.53 Å². The lowest BCUT2D eigenvalue weighted by Gasteiger charge is -2.28. The van der Waals surface area contributed by atoms with E-state index in [4.69, 9.17) is 10.5 Å². The van der Waals surface area contributed by atoms with Crippen LogP contribution in [0.25, 0.3) is 0 Å². The fourth-order valence-electron chi connectivity index (χ4n) is 2.49. The summed E-state index contributed by atoms with van der Waals surface area (Å²) in [6.07, 6.45) is 0.546. The van der Waals surface area contributed by atoms with Crippen molar-refractivity contribution in [2.75, 3.05) is 0 Å². The number of alkyl carbamates (subject to hydrolysis) is 1. The molecule has 0 heterocycles. The summed E-state index contributed by atoms with van der Waals surface area (Å²) in [5, 5.41) is 6.04.